The van der Waals surface area contributed by atoms with Gasteiger partial charge in [0.05, 0.1) is 25.4 Å². The molecule has 2 aliphatic heterocycles. The Kier molecular flexibility index (Phi) is 6.70. The van der Waals surface area contributed by atoms with Crippen LogP contribution in [0.25, 0.3) is 11.3 Å². The Bertz CT molecular complexity index is 1340. The number of carbonyl (C=O) groups is 1. The first kappa shape index (κ1) is 25.7. The average molecular weight is 544 g/mol. The van der Waals surface area contributed by atoms with E-state index in [1.165, 1.54) is 19.2 Å². The third-order valence-corrected chi connectivity index (χ3v) is 7.72. The van der Waals surface area contributed by atoms with Crippen molar-refractivity contribution in [3.05, 3.63) is 59.5 Å². The minimum absolute atomic E-state index is 0.0426. The predicted octanol–water partition coefficient (Wildman–Crippen LogP) is 6.02. The Morgan fingerprint density at radius 1 is 1.10 bits per heavy atom. The molecule has 0 spiro atoms. The molecule has 1 aliphatic carbocycles. The van der Waals surface area contributed by atoms with E-state index in [2.05, 4.69) is 19.8 Å². The van der Waals surface area contributed by atoms with Crippen LogP contribution in [-0.2, 0) is 16.1 Å². The highest BCUT2D eigenvalue weighted by molar-refractivity contribution is 5.90. The monoisotopic (exact) mass is 543 g/mol. The van der Waals surface area contributed by atoms with E-state index in [1.54, 1.807) is 30.5 Å². The van der Waals surface area contributed by atoms with Gasteiger partial charge in [0.15, 0.2) is 0 Å². The number of aromatic nitrogens is 2. The summed E-state index contributed by atoms with van der Waals surface area (Å²) in [5, 5.41) is 4.17. The molecule has 2 atom stereocenters. The fraction of sp³-hybridized carbons (Fsp3) is 0.464. The van der Waals surface area contributed by atoms with Crippen molar-refractivity contribution in [2.24, 2.45) is 0 Å². The van der Waals surface area contributed by atoms with Crippen LogP contribution in [0.2, 0.25) is 0 Å². The molecule has 1 saturated carbocycles. The van der Waals surface area contributed by atoms with Crippen molar-refractivity contribution in [3.63, 3.8) is 0 Å². The quantitative estimate of drug-likeness (QED) is 0.319. The SMILES string of the molecule is COC(=O)c1ccnc(N2C3CCC2CC(OCc2c(-c4ccccc4OC(F)(F)F)noc2C2CC2)C3)c1. The summed E-state index contributed by atoms with van der Waals surface area (Å²) in [6.07, 6.45) is 2.17. The van der Waals surface area contributed by atoms with Crippen LogP contribution in [0.1, 0.15) is 66.1 Å². The number of benzene rings is 1. The third-order valence-electron chi connectivity index (χ3n) is 7.72. The van der Waals surface area contributed by atoms with Gasteiger partial charge in [0, 0.05) is 35.3 Å². The van der Waals surface area contributed by atoms with Gasteiger partial charge in [-0.15, -0.1) is 13.2 Å². The van der Waals surface area contributed by atoms with Crippen molar-refractivity contribution in [2.75, 3.05) is 12.0 Å². The van der Waals surface area contributed by atoms with Crippen LogP contribution in [-0.4, -0.2) is 47.8 Å². The minimum Gasteiger partial charge on any atom is -0.465 e. The van der Waals surface area contributed by atoms with Crippen molar-refractivity contribution < 1.29 is 36.7 Å². The first-order chi connectivity index (χ1) is 18.8. The molecule has 2 bridgehead atoms. The van der Waals surface area contributed by atoms with Gasteiger partial charge in [0.2, 0.25) is 0 Å². The normalized spacial score (nSPS) is 22.7. The maximum atomic E-state index is 13.1. The lowest BCUT2D eigenvalue weighted by molar-refractivity contribution is -0.274. The maximum absolute atomic E-state index is 13.1. The zero-order valence-electron chi connectivity index (χ0n) is 21.3. The molecule has 39 heavy (non-hydrogen) atoms. The molecule has 1 aromatic carbocycles. The van der Waals surface area contributed by atoms with Crippen LogP contribution >= 0.6 is 0 Å². The van der Waals surface area contributed by atoms with Crippen LogP contribution < -0.4 is 9.64 Å². The summed E-state index contributed by atoms with van der Waals surface area (Å²) in [5.74, 6) is 0.905. The predicted molar refractivity (Wildman–Crippen MR) is 133 cm³/mol. The largest absolute Gasteiger partial charge is 0.573 e. The van der Waals surface area contributed by atoms with Gasteiger partial charge >= 0.3 is 12.3 Å². The highest BCUT2D eigenvalue weighted by Crippen LogP contribution is 2.46. The van der Waals surface area contributed by atoms with Gasteiger partial charge in [0.1, 0.15) is 23.0 Å². The molecule has 8 nitrogen and oxygen atoms in total. The first-order valence-electron chi connectivity index (χ1n) is 13.1. The van der Waals surface area contributed by atoms with Gasteiger partial charge in [-0.2, -0.15) is 0 Å². The molecule has 0 radical (unpaired) electrons. The number of pyridine rings is 1. The molecular weight excluding hydrogens is 515 g/mol. The lowest BCUT2D eigenvalue weighted by Gasteiger charge is -2.39. The van der Waals surface area contributed by atoms with Crippen LogP contribution in [0.3, 0.4) is 0 Å². The van der Waals surface area contributed by atoms with Crippen LogP contribution in [0.5, 0.6) is 5.75 Å². The number of fused-ring (bicyclic) bond motifs is 2. The van der Waals surface area contributed by atoms with Crippen LogP contribution in [0.4, 0.5) is 19.0 Å². The van der Waals surface area contributed by atoms with E-state index >= 15 is 0 Å². The number of nitrogens with zero attached hydrogens (tertiary/aromatic N) is 3. The Balaban J connectivity index is 1.20. The molecule has 11 heteroatoms. The molecule has 2 saturated heterocycles. The van der Waals surface area contributed by atoms with Crippen molar-refractivity contribution in [1.29, 1.82) is 0 Å². The summed E-state index contributed by atoms with van der Waals surface area (Å²) in [6.45, 7) is 0.186. The topological polar surface area (TPSA) is 86.9 Å². The molecule has 206 valence electrons. The highest BCUT2D eigenvalue weighted by atomic mass is 19.4. The van der Waals surface area contributed by atoms with Gasteiger partial charge in [0.25, 0.3) is 0 Å². The number of ether oxygens (including phenoxy) is 3. The van der Waals surface area contributed by atoms with Crippen molar-refractivity contribution >= 4 is 11.8 Å². The second-order valence-corrected chi connectivity index (χ2v) is 10.3. The van der Waals surface area contributed by atoms with Gasteiger partial charge in [-0.05, 0) is 62.8 Å². The molecule has 3 fully saturated rings. The lowest BCUT2D eigenvalue weighted by atomic mass is 9.99. The van der Waals surface area contributed by atoms with Gasteiger partial charge < -0.3 is 23.6 Å². The summed E-state index contributed by atoms with van der Waals surface area (Å²) < 4.78 is 60.4. The summed E-state index contributed by atoms with van der Waals surface area (Å²) >= 11 is 0. The van der Waals surface area contributed by atoms with Crippen LogP contribution in [0.15, 0.2) is 47.1 Å². The molecule has 6 rings (SSSR count). The number of alkyl halides is 3. The second kappa shape index (κ2) is 10.2. The smallest absolute Gasteiger partial charge is 0.465 e. The minimum atomic E-state index is -4.83. The molecule has 3 aliphatic rings. The van der Waals surface area contributed by atoms with E-state index < -0.39 is 12.3 Å². The van der Waals surface area contributed by atoms with Crippen molar-refractivity contribution in [3.8, 4) is 17.0 Å². The summed E-state index contributed by atoms with van der Waals surface area (Å²) in [5.41, 5.74) is 1.68. The summed E-state index contributed by atoms with van der Waals surface area (Å²) in [7, 11) is 1.35. The number of piperidine rings is 1. The summed E-state index contributed by atoms with van der Waals surface area (Å²) in [4.78, 5) is 18.8. The van der Waals surface area contributed by atoms with Crippen molar-refractivity contribution in [1.82, 2.24) is 10.1 Å². The van der Waals surface area contributed by atoms with E-state index in [1.807, 2.05) is 0 Å². The molecule has 0 N–H and O–H groups in total. The lowest BCUT2D eigenvalue weighted by Crippen LogP contribution is -2.46. The number of hydrogen-bond donors (Lipinski definition) is 0. The third kappa shape index (κ3) is 5.32. The van der Waals surface area contributed by atoms with E-state index in [4.69, 9.17) is 14.0 Å². The van der Waals surface area contributed by atoms with E-state index in [0.29, 0.717) is 22.6 Å². The first-order valence-corrected chi connectivity index (χ1v) is 13.1. The van der Waals surface area contributed by atoms with E-state index in [9.17, 15) is 18.0 Å². The fourth-order valence-corrected chi connectivity index (χ4v) is 5.86. The molecule has 3 aromatic rings. The number of esters is 1. The molecule has 2 unspecified atom stereocenters. The average Bonchev–Trinajstić information content (AvgIpc) is 3.62. The Morgan fingerprint density at radius 2 is 1.85 bits per heavy atom. The fourth-order valence-electron chi connectivity index (χ4n) is 5.86. The number of carbonyl (C=O) groups excluding carboxylic acids is 1. The molecule has 2 aromatic heterocycles. The number of para-hydroxylation sites is 1. The number of rotatable bonds is 8. The summed E-state index contributed by atoms with van der Waals surface area (Å²) in [6, 6.07) is 9.78. The Hall–Kier alpha value is -3.60. The number of hydrogen-bond acceptors (Lipinski definition) is 8. The van der Waals surface area contributed by atoms with Gasteiger partial charge in [-0.25, -0.2) is 9.78 Å². The zero-order valence-corrected chi connectivity index (χ0v) is 21.3. The molecular formula is C28H28F3N3O5. The standard InChI is InChI=1S/C28H28F3N3O5/c1-36-27(35)17-10-11-32-24(12-17)34-18-8-9-19(34)14-20(13-18)37-15-22-25(33-39-26(22)16-6-7-16)21-4-2-3-5-23(21)38-28(29,30)31/h2-5,10-12,16,18-20H,6-9,13-15H2,1H3. The zero-order chi connectivity index (χ0) is 27.1. The van der Waals surface area contributed by atoms with E-state index in [-0.39, 0.29) is 42.0 Å². The molecule has 0 amide bonds. The van der Waals surface area contributed by atoms with Gasteiger partial charge in [-0.1, -0.05) is 17.3 Å². The Morgan fingerprint density at radius 3 is 2.54 bits per heavy atom. The second-order valence-electron chi connectivity index (χ2n) is 10.3. The van der Waals surface area contributed by atoms with Gasteiger partial charge in [-0.3, -0.25) is 0 Å². The van der Waals surface area contributed by atoms with Crippen LogP contribution in [0, 0.1) is 0 Å². The van der Waals surface area contributed by atoms with Crippen molar-refractivity contribution in [2.45, 2.75) is 75.6 Å². The maximum Gasteiger partial charge on any atom is 0.573 e. The van der Waals surface area contributed by atoms with E-state index in [0.717, 1.165) is 44.3 Å². The number of halogens is 3. The Labute approximate surface area is 223 Å². The molecule has 4 heterocycles. The number of anilines is 1. The number of methoxy groups -OCH3 is 1. The highest BCUT2D eigenvalue weighted by Gasteiger charge is 2.42.